The number of benzene rings is 1. The molecule has 1 heterocycles. The summed E-state index contributed by atoms with van der Waals surface area (Å²) in [5.74, 6) is 0.553. The van der Waals surface area contributed by atoms with Crippen molar-refractivity contribution in [1.82, 2.24) is 0 Å². The molecule has 2 N–H and O–H groups in total. The third kappa shape index (κ3) is 3.13. The molecule has 0 aromatic heterocycles. The molecule has 0 bridgehead atoms. The molecule has 3 nitrogen and oxygen atoms in total. The molecule has 100 valence electrons. The first-order valence-electron chi connectivity index (χ1n) is 6.63. The summed E-state index contributed by atoms with van der Waals surface area (Å²) in [5, 5.41) is 0. The van der Waals surface area contributed by atoms with E-state index < -0.39 is 0 Å². The fourth-order valence-corrected chi connectivity index (χ4v) is 2.21. The van der Waals surface area contributed by atoms with Crippen molar-refractivity contribution < 1.29 is 9.13 Å². The quantitative estimate of drug-likeness (QED) is 0.895. The smallest absolute Gasteiger partial charge is 0.142 e. The molecule has 0 radical (unpaired) electrons. The lowest BCUT2D eigenvalue weighted by molar-refractivity contribution is 0.316. The number of ether oxygens (including phenoxy) is 1. The summed E-state index contributed by atoms with van der Waals surface area (Å²) in [7, 11) is 0. The summed E-state index contributed by atoms with van der Waals surface area (Å²) < 4.78 is 19.1. The van der Waals surface area contributed by atoms with E-state index >= 15 is 0 Å². The maximum absolute atomic E-state index is 13.4. The van der Waals surface area contributed by atoms with Gasteiger partial charge in [-0.25, -0.2) is 4.39 Å². The molecule has 1 aromatic carbocycles. The molecule has 18 heavy (non-hydrogen) atoms. The average molecular weight is 252 g/mol. The predicted molar refractivity (Wildman–Crippen MR) is 71.6 cm³/mol. The van der Waals surface area contributed by atoms with Crippen LogP contribution in [0.4, 0.5) is 10.1 Å². The molecule has 0 aliphatic carbocycles. The van der Waals surface area contributed by atoms with Gasteiger partial charge in [0.1, 0.15) is 11.6 Å². The number of halogens is 1. The van der Waals surface area contributed by atoms with Crippen LogP contribution < -0.4 is 15.4 Å². The van der Waals surface area contributed by atoms with Crippen molar-refractivity contribution >= 4 is 5.69 Å². The van der Waals surface area contributed by atoms with Crippen LogP contribution in [0.5, 0.6) is 5.75 Å². The van der Waals surface area contributed by atoms with Crippen molar-refractivity contribution in [1.29, 1.82) is 0 Å². The second-order valence-corrected chi connectivity index (χ2v) is 4.78. The van der Waals surface area contributed by atoms with E-state index in [4.69, 9.17) is 10.5 Å². The zero-order valence-corrected chi connectivity index (χ0v) is 10.9. The first kappa shape index (κ1) is 13.1. The molecule has 4 heteroatoms. The van der Waals surface area contributed by atoms with Crippen LogP contribution in [0, 0.1) is 5.82 Å². The van der Waals surface area contributed by atoms with E-state index in [1.165, 1.54) is 6.07 Å². The average Bonchev–Trinajstić information content (AvgIpc) is 2.38. The van der Waals surface area contributed by atoms with Crippen molar-refractivity contribution in [2.75, 3.05) is 24.6 Å². The highest BCUT2D eigenvalue weighted by Crippen LogP contribution is 2.31. The van der Waals surface area contributed by atoms with E-state index in [2.05, 4.69) is 11.8 Å². The van der Waals surface area contributed by atoms with Gasteiger partial charge in [-0.1, -0.05) is 6.92 Å². The zero-order chi connectivity index (χ0) is 13.0. The molecule has 0 unspecified atom stereocenters. The molecular weight excluding hydrogens is 231 g/mol. The number of anilines is 1. The summed E-state index contributed by atoms with van der Waals surface area (Å²) in [5.41, 5.74) is 6.75. The van der Waals surface area contributed by atoms with E-state index in [1.54, 1.807) is 12.1 Å². The maximum atomic E-state index is 13.4. The number of hydrogen-bond acceptors (Lipinski definition) is 3. The van der Waals surface area contributed by atoms with Crippen molar-refractivity contribution in [2.24, 2.45) is 5.73 Å². The Bertz CT molecular complexity index is 389. The van der Waals surface area contributed by atoms with Crippen molar-refractivity contribution in [3.05, 3.63) is 24.0 Å². The Morgan fingerprint density at radius 3 is 2.78 bits per heavy atom. The zero-order valence-electron chi connectivity index (χ0n) is 10.9. The van der Waals surface area contributed by atoms with Crippen LogP contribution in [0.15, 0.2) is 18.2 Å². The van der Waals surface area contributed by atoms with Gasteiger partial charge >= 0.3 is 0 Å². The Hall–Kier alpha value is -1.29. The van der Waals surface area contributed by atoms with Gasteiger partial charge in [-0.2, -0.15) is 0 Å². The highest BCUT2D eigenvalue weighted by molar-refractivity contribution is 5.59. The number of piperidine rings is 1. The second kappa shape index (κ2) is 6.05. The minimum atomic E-state index is -0.219. The van der Waals surface area contributed by atoms with Crippen LogP contribution in [-0.4, -0.2) is 25.7 Å². The third-order valence-electron chi connectivity index (χ3n) is 3.26. The van der Waals surface area contributed by atoms with Crippen LogP contribution in [0.2, 0.25) is 0 Å². The summed E-state index contributed by atoms with van der Waals surface area (Å²) in [4.78, 5) is 2.16. The minimum Gasteiger partial charge on any atom is -0.491 e. The van der Waals surface area contributed by atoms with Gasteiger partial charge in [0.05, 0.1) is 12.3 Å². The van der Waals surface area contributed by atoms with E-state index in [0.29, 0.717) is 6.61 Å². The molecule has 1 aromatic rings. The first-order chi connectivity index (χ1) is 8.70. The topological polar surface area (TPSA) is 38.5 Å². The minimum absolute atomic E-state index is 0.219. The SMILES string of the molecule is CCCOc1ccc(F)cc1N1CCC(N)CC1. The van der Waals surface area contributed by atoms with Crippen molar-refractivity contribution in [3.8, 4) is 5.75 Å². The molecule has 1 fully saturated rings. The van der Waals surface area contributed by atoms with Crippen LogP contribution in [0.3, 0.4) is 0 Å². The second-order valence-electron chi connectivity index (χ2n) is 4.78. The molecule has 0 spiro atoms. The summed E-state index contributed by atoms with van der Waals surface area (Å²) in [6.45, 7) is 4.45. The van der Waals surface area contributed by atoms with Gasteiger partial charge in [0.25, 0.3) is 0 Å². The molecule has 0 amide bonds. The predicted octanol–water partition coefficient (Wildman–Crippen LogP) is 2.54. The lowest BCUT2D eigenvalue weighted by Gasteiger charge is -2.33. The number of nitrogens with zero attached hydrogens (tertiary/aromatic N) is 1. The number of nitrogens with two attached hydrogens (primary N) is 1. The Morgan fingerprint density at radius 1 is 1.39 bits per heavy atom. The highest BCUT2D eigenvalue weighted by Gasteiger charge is 2.19. The fourth-order valence-electron chi connectivity index (χ4n) is 2.21. The van der Waals surface area contributed by atoms with Gasteiger partial charge in [0.2, 0.25) is 0 Å². The van der Waals surface area contributed by atoms with Crippen LogP contribution >= 0.6 is 0 Å². The summed E-state index contributed by atoms with van der Waals surface area (Å²) >= 11 is 0. The molecule has 0 atom stereocenters. The Morgan fingerprint density at radius 2 is 2.11 bits per heavy atom. The normalized spacial score (nSPS) is 16.9. The standard InChI is InChI=1S/C14H21FN2O/c1-2-9-18-14-4-3-11(15)10-13(14)17-7-5-12(16)6-8-17/h3-4,10,12H,2,5-9,16H2,1H3. The fraction of sp³-hybridized carbons (Fsp3) is 0.571. The lowest BCUT2D eigenvalue weighted by Crippen LogP contribution is -2.39. The molecule has 0 saturated carbocycles. The Labute approximate surface area is 108 Å². The van der Waals surface area contributed by atoms with Crippen LogP contribution in [0.25, 0.3) is 0 Å². The number of hydrogen-bond donors (Lipinski definition) is 1. The summed E-state index contributed by atoms with van der Waals surface area (Å²) in [6.07, 6.45) is 2.84. The van der Waals surface area contributed by atoms with Gasteiger partial charge in [-0.3, -0.25) is 0 Å². The third-order valence-corrected chi connectivity index (χ3v) is 3.26. The van der Waals surface area contributed by atoms with E-state index in [1.807, 2.05) is 0 Å². The highest BCUT2D eigenvalue weighted by atomic mass is 19.1. The van der Waals surface area contributed by atoms with Crippen molar-refractivity contribution in [2.45, 2.75) is 32.2 Å². The Balaban J connectivity index is 2.16. The van der Waals surface area contributed by atoms with Gasteiger partial charge in [0, 0.05) is 25.2 Å². The van der Waals surface area contributed by atoms with Gasteiger partial charge in [0.15, 0.2) is 0 Å². The molecule has 1 saturated heterocycles. The molecule has 2 rings (SSSR count). The van der Waals surface area contributed by atoms with E-state index in [0.717, 1.165) is 43.8 Å². The number of rotatable bonds is 4. The summed E-state index contributed by atoms with van der Waals surface area (Å²) in [6, 6.07) is 5.00. The van der Waals surface area contributed by atoms with Crippen molar-refractivity contribution in [3.63, 3.8) is 0 Å². The largest absolute Gasteiger partial charge is 0.491 e. The first-order valence-corrected chi connectivity index (χ1v) is 6.63. The molecule has 1 aliphatic heterocycles. The van der Waals surface area contributed by atoms with E-state index in [-0.39, 0.29) is 11.9 Å². The van der Waals surface area contributed by atoms with Gasteiger partial charge in [-0.15, -0.1) is 0 Å². The van der Waals surface area contributed by atoms with E-state index in [9.17, 15) is 4.39 Å². The lowest BCUT2D eigenvalue weighted by atomic mass is 10.1. The van der Waals surface area contributed by atoms with Gasteiger partial charge in [-0.05, 0) is 31.4 Å². The van der Waals surface area contributed by atoms with Crippen LogP contribution in [-0.2, 0) is 0 Å². The molecule has 1 aliphatic rings. The van der Waals surface area contributed by atoms with Gasteiger partial charge < -0.3 is 15.4 Å². The maximum Gasteiger partial charge on any atom is 0.142 e. The Kier molecular flexibility index (Phi) is 4.42. The molecular formula is C14H21FN2O. The monoisotopic (exact) mass is 252 g/mol. The van der Waals surface area contributed by atoms with Crippen LogP contribution in [0.1, 0.15) is 26.2 Å².